The summed E-state index contributed by atoms with van der Waals surface area (Å²) < 4.78 is 0.723. The van der Waals surface area contributed by atoms with Crippen molar-refractivity contribution < 1.29 is 4.92 Å². The minimum atomic E-state index is -0.517. The molecule has 0 fully saturated rings. The van der Waals surface area contributed by atoms with Gasteiger partial charge >= 0.3 is 0 Å². The highest BCUT2D eigenvalue weighted by Gasteiger charge is 2.07. The zero-order valence-electron chi connectivity index (χ0n) is 5.82. The van der Waals surface area contributed by atoms with Crippen molar-refractivity contribution in [1.82, 2.24) is 0 Å². The molecule has 1 aromatic carbocycles. The normalized spacial score (nSPS) is 9.00. The molecular weight excluding hydrogens is 271 g/mol. The van der Waals surface area contributed by atoms with Crippen LogP contribution in [-0.2, 0) is 0 Å². The van der Waals surface area contributed by atoms with E-state index in [1.165, 1.54) is 12.1 Å². The third kappa shape index (κ3) is 1.71. The van der Waals surface area contributed by atoms with Crippen molar-refractivity contribution in [2.45, 2.75) is 0 Å². The van der Waals surface area contributed by atoms with Gasteiger partial charge in [0.25, 0.3) is 5.69 Å². The number of benzene rings is 1. The standard InChI is InChI=1S/C7H3IN2O2/c8-7-2-1-6(10(11)12)3-5(7)4-9/h1-3H. The van der Waals surface area contributed by atoms with Gasteiger partial charge in [-0.1, -0.05) is 0 Å². The van der Waals surface area contributed by atoms with Gasteiger partial charge in [-0.2, -0.15) is 5.26 Å². The van der Waals surface area contributed by atoms with Crippen LogP contribution in [0.4, 0.5) is 5.69 Å². The minimum Gasteiger partial charge on any atom is -0.258 e. The Morgan fingerprint density at radius 2 is 2.25 bits per heavy atom. The molecule has 0 atom stereocenters. The van der Waals surface area contributed by atoms with Gasteiger partial charge in [0, 0.05) is 15.7 Å². The molecule has 1 rings (SSSR count). The van der Waals surface area contributed by atoms with Crippen LogP contribution in [0.5, 0.6) is 0 Å². The number of non-ortho nitro benzene ring substituents is 1. The van der Waals surface area contributed by atoms with E-state index in [0.717, 1.165) is 3.57 Å². The van der Waals surface area contributed by atoms with E-state index in [2.05, 4.69) is 0 Å². The largest absolute Gasteiger partial charge is 0.270 e. The number of hydrogen-bond acceptors (Lipinski definition) is 3. The molecule has 0 aliphatic rings. The smallest absolute Gasteiger partial charge is 0.258 e. The fourth-order valence-electron chi connectivity index (χ4n) is 0.713. The lowest BCUT2D eigenvalue weighted by atomic mass is 10.2. The van der Waals surface area contributed by atoms with Gasteiger partial charge in [0.15, 0.2) is 0 Å². The monoisotopic (exact) mass is 274 g/mol. The molecule has 0 spiro atoms. The zero-order chi connectivity index (χ0) is 9.14. The first-order valence-corrected chi connectivity index (χ1v) is 4.07. The van der Waals surface area contributed by atoms with Crippen molar-refractivity contribution in [2.75, 3.05) is 0 Å². The molecule has 4 nitrogen and oxygen atoms in total. The average Bonchev–Trinajstić information content (AvgIpc) is 2.05. The molecule has 5 heteroatoms. The van der Waals surface area contributed by atoms with Crippen LogP contribution in [-0.4, -0.2) is 4.92 Å². The molecule has 0 bridgehead atoms. The summed E-state index contributed by atoms with van der Waals surface area (Å²) >= 11 is 1.96. The highest BCUT2D eigenvalue weighted by molar-refractivity contribution is 14.1. The fraction of sp³-hybridized carbons (Fsp3) is 0. The summed E-state index contributed by atoms with van der Waals surface area (Å²) in [4.78, 5) is 9.76. The second-order valence-corrected chi connectivity index (χ2v) is 3.20. The first-order chi connectivity index (χ1) is 5.65. The molecular formula is C7H3IN2O2. The quantitative estimate of drug-likeness (QED) is 0.447. The van der Waals surface area contributed by atoms with Crippen LogP contribution < -0.4 is 0 Å². The maximum Gasteiger partial charge on any atom is 0.270 e. The highest BCUT2D eigenvalue weighted by Crippen LogP contribution is 2.18. The third-order valence-electron chi connectivity index (χ3n) is 1.28. The van der Waals surface area contributed by atoms with Gasteiger partial charge in [-0.05, 0) is 28.7 Å². The van der Waals surface area contributed by atoms with E-state index in [9.17, 15) is 10.1 Å². The fourth-order valence-corrected chi connectivity index (χ4v) is 1.17. The lowest BCUT2D eigenvalue weighted by Gasteiger charge is -1.93. The van der Waals surface area contributed by atoms with E-state index in [1.54, 1.807) is 6.07 Å². The molecule has 0 heterocycles. The number of halogens is 1. The lowest BCUT2D eigenvalue weighted by Crippen LogP contribution is -1.89. The predicted octanol–water partition coefficient (Wildman–Crippen LogP) is 2.07. The van der Waals surface area contributed by atoms with Gasteiger partial charge in [-0.3, -0.25) is 10.1 Å². The van der Waals surface area contributed by atoms with Crippen LogP contribution in [0.15, 0.2) is 18.2 Å². The second-order valence-electron chi connectivity index (χ2n) is 2.03. The predicted molar refractivity (Wildman–Crippen MR) is 50.5 cm³/mol. The summed E-state index contributed by atoms with van der Waals surface area (Å²) in [5, 5.41) is 18.8. The summed E-state index contributed by atoms with van der Waals surface area (Å²) in [6.07, 6.45) is 0. The molecule has 0 aliphatic heterocycles. The van der Waals surface area contributed by atoms with Gasteiger partial charge < -0.3 is 0 Å². The third-order valence-corrected chi connectivity index (χ3v) is 2.22. The van der Waals surface area contributed by atoms with Crippen molar-refractivity contribution in [3.05, 3.63) is 37.4 Å². The summed E-state index contributed by atoms with van der Waals surface area (Å²) in [7, 11) is 0. The number of nitro groups is 1. The molecule has 60 valence electrons. The summed E-state index contributed by atoms with van der Waals surface area (Å²) in [6, 6.07) is 6.07. The van der Waals surface area contributed by atoms with Crippen LogP contribution in [0.25, 0.3) is 0 Å². The van der Waals surface area contributed by atoms with Crippen LogP contribution in [0.1, 0.15) is 5.56 Å². The highest BCUT2D eigenvalue weighted by atomic mass is 127. The molecule has 0 unspecified atom stereocenters. The molecule has 12 heavy (non-hydrogen) atoms. The number of rotatable bonds is 1. The molecule has 1 aromatic rings. The number of hydrogen-bond donors (Lipinski definition) is 0. The Balaban J connectivity index is 3.25. The van der Waals surface area contributed by atoms with Crippen molar-refractivity contribution in [3.63, 3.8) is 0 Å². The topological polar surface area (TPSA) is 66.9 Å². The van der Waals surface area contributed by atoms with Gasteiger partial charge in [0.1, 0.15) is 6.07 Å². The van der Waals surface area contributed by atoms with E-state index in [-0.39, 0.29) is 5.69 Å². The average molecular weight is 274 g/mol. The van der Waals surface area contributed by atoms with Crippen molar-refractivity contribution in [3.8, 4) is 6.07 Å². The summed E-state index contributed by atoms with van der Waals surface area (Å²) in [5.41, 5.74) is 0.289. The van der Waals surface area contributed by atoms with Crippen LogP contribution >= 0.6 is 22.6 Å². The van der Waals surface area contributed by atoms with E-state index in [1.807, 2.05) is 28.7 Å². The Bertz CT molecular complexity index is 370. The van der Waals surface area contributed by atoms with E-state index in [4.69, 9.17) is 5.26 Å². The van der Waals surface area contributed by atoms with Crippen LogP contribution in [0.3, 0.4) is 0 Å². The summed E-state index contributed by atoms with van der Waals surface area (Å²) in [6.45, 7) is 0. The first kappa shape index (κ1) is 8.93. The molecule has 0 N–H and O–H groups in total. The Morgan fingerprint density at radius 3 is 2.75 bits per heavy atom. The molecule has 0 aliphatic carbocycles. The number of nitro benzene ring substituents is 1. The van der Waals surface area contributed by atoms with E-state index < -0.39 is 4.92 Å². The lowest BCUT2D eigenvalue weighted by molar-refractivity contribution is -0.384. The first-order valence-electron chi connectivity index (χ1n) is 2.99. The molecule has 0 radical (unpaired) electrons. The summed E-state index contributed by atoms with van der Waals surface area (Å²) in [5.74, 6) is 0. The maximum atomic E-state index is 10.3. The van der Waals surface area contributed by atoms with Crippen LogP contribution in [0.2, 0.25) is 0 Å². The minimum absolute atomic E-state index is 0.0491. The Hall–Kier alpha value is -1.16. The van der Waals surface area contributed by atoms with Gasteiger partial charge in [0.2, 0.25) is 0 Å². The van der Waals surface area contributed by atoms with Gasteiger partial charge in [0.05, 0.1) is 10.5 Å². The molecule has 0 saturated carbocycles. The van der Waals surface area contributed by atoms with Crippen LogP contribution in [0, 0.1) is 25.0 Å². The number of nitrogens with zero attached hydrogens (tertiary/aromatic N) is 2. The van der Waals surface area contributed by atoms with E-state index >= 15 is 0 Å². The Labute approximate surface area is 82.1 Å². The molecule has 0 saturated heterocycles. The molecule has 0 aromatic heterocycles. The zero-order valence-corrected chi connectivity index (χ0v) is 7.98. The Kier molecular flexibility index (Phi) is 2.60. The van der Waals surface area contributed by atoms with Crippen molar-refractivity contribution in [1.29, 1.82) is 5.26 Å². The van der Waals surface area contributed by atoms with Gasteiger partial charge in [-0.15, -0.1) is 0 Å². The number of nitriles is 1. The maximum absolute atomic E-state index is 10.3. The van der Waals surface area contributed by atoms with E-state index in [0.29, 0.717) is 5.56 Å². The van der Waals surface area contributed by atoms with Gasteiger partial charge in [-0.25, -0.2) is 0 Å². The SMILES string of the molecule is N#Cc1cc([N+](=O)[O-])ccc1I. The van der Waals surface area contributed by atoms with Crippen molar-refractivity contribution in [2.24, 2.45) is 0 Å². The molecule has 0 amide bonds. The van der Waals surface area contributed by atoms with Crippen molar-refractivity contribution >= 4 is 28.3 Å². The second kappa shape index (κ2) is 3.49. The Morgan fingerprint density at radius 1 is 1.58 bits per heavy atom.